The van der Waals surface area contributed by atoms with E-state index in [0.717, 1.165) is 49.1 Å². The summed E-state index contributed by atoms with van der Waals surface area (Å²) in [5.41, 5.74) is 2.82. The molecule has 42 heavy (non-hydrogen) atoms. The number of carboxylic acids is 1. The van der Waals surface area contributed by atoms with Gasteiger partial charge in [0.15, 0.2) is 11.4 Å². The maximum atomic E-state index is 10.8. The fourth-order valence-corrected chi connectivity index (χ4v) is 6.82. The molecule has 1 unspecified atom stereocenters. The molecule has 2 aromatic rings. The van der Waals surface area contributed by atoms with E-state index in [4.69, 9.17) is 26.4 Å². The standard InChI is InChI=1S/C19H26ClN3OS.C11H15N3O3/c1-19(2)8-5-9-23(12-19)11-16-17(22-18(21-3)25-16)13-6-7-15(24-4)14(20)10-13;15-7-9-5-13-10(6-12-9)14-3-1-8(2-4-14)11(16)17/h6-7,10H,5,8-9,11-12H2,1-4H3,(H,21,22);5-8,10,13H,1-4H2,(H,16,17). The van der Waals surface area contributed by atoms with Gasteiger partial charge in [-0.05, 0) is 55.8 Å². The number of aliphatic carboxylic acids is 1. The highest BCUT2D eigenvalue weighted by Crippen LogP contribution is 2.37. The van der Waals surface area contributed by atoms with Gasteiger partial charge in [0.25, 0.3) is 0 Å². The second-order valence-electron chi connectivity index (χ2n) is 11.6. The van der Waals surface area contributed by atoms with E-state index in [0.29, 0.717) is 41.0 Å². The van der Waals surface area contributed by atoms with E-state index in [1.165, 1.54) is 17.7 Å². The summed E-state index contributed by atoms with van der Waals surface area (Å²) in [6, 6.07) is 5.88. The number of piperidine rings is 2. The minimum Gasteiger partial charge on any atom is -0.495 e. The molecule has 0 saturated carbocycles. The lowest BCUT2D eigenvalue weighted by atomic mass is 9.84. The highest BCUT2D eigenvalue weighted by atomic mass is 35.5. The van der Waals surface area contributed by atoms with Crippen molar-refractivity contribution in [2.24, 2.45) is 16.3 Å². The van der Waals surface area contributed by atoms with Crippen molar-refractivity contribution in [2.75, 3.05) is 45.7 Å². The molecule has 3 aliphatic rings. The van der Waals surface area contributed by atoms with Crippen LogP contribution in [0.3, 0.4) is 0 Å². The number of hydrogen-bond acceptors (Lipinski definition) is 10. The van der Waals surface area contributed by atoms with E-state index in [2.05, 4.69) is 39.3 Å². The van der Waals surface area contributed by atoms with Crippen molar-refractivity contribution >= 4 is 46.5 Å². The fraction of sp³-hybridized carbons (Fsp3) is 0.533. The molecule has 12 heteroatoms. The number of hydrogen-bond donors (Lipinski definition) is 3. The first-order valence-corrected chi connectivity index (χ1v) is 15.5. The van der Waals surface area contributed by atoms with Gasteiger partial charge in [0.2, 0.25) is 0 Å². The van der Waals surface area contributed by atoms with Crippen LogP contribution < -0.4 is 15.4 Å². The van der Waals surface area contributed by atoms with E-state index >= 15 is 0 Å². The number of aliphatic imine (C=N–C) groups is 1. The summed E-state index contributed by atoms with van der Waals surface area (Å²) >= 11 is 8.05. The molecule has 2 saturated heterocycles. The molecule has 228 valence electrons. The Morgan fingerprint density at radius 3 is 2.64 bits per heavy atom. The molecule has 1 aromatic heterocycles. The molecule has 0 spiro atoms. The highest BCUT2D eigenvalue weighted by molar-refractivity contribution is 7.16. The molecule has 0 amide bonds. The Bertz CT molecular complexity index is 1300. The topological polar surface area (TPSA) is 119 Å². The van der Waals surface area contributed by atoms with Crippen LogP contribution in [0.25, 0.3) is 11.3 Å². The van der Waals surface area contributed by atoms with Gasteiger partial charge >= 0.3 is 5.97 Å². The Hall–Kier alpha value is -2.99. The van der Waals surface area contributed by atoms with E-state index in [1.54, 1.807) is 30.9 Å². The van der Waals surface area contributed by atoms with Crippen LogP contribution in [0.15, 0.2) is 35.1 Å². The predicted octanol–water partition coefficient (Wildman–Crippen LogP) is 4.96. The molecular formula is C30H41ClN6O4S. The van der Waals surface area contributed by atoms with Crippen LogP contribution in [-0.4, -0.2) is 84.9 Å². The Morgan fingerprint density at radius 2 is 2.07 bits per heavy atom. The van der Waals surface area contributed by atoms with Crippen LogP contribution in [0.5, 0.6) is 5.75 Å². The normalized spacial score (nSPS) is 21.0. The van der Waals surface area contributed by atoms with Gasteiger partial charge in [0, 0.05) is 56.1 Å². The average molecular weight is 617 g/mol. The maximum Gasteiger partial charge on any atom is 0.306 e. The van der Waals surface area contributed by atoms with Gasteiger partial charge in [-0.15, -0.1) is 11.3 Å². The second kappa shape index (κ2) is 14.5. The first-order chi connectivity index (χ1) is 20.1. The molecule has 4 heterocycles. The lowest BCUT2D eigenvalue weighted by molar-refractivity contribution is -0.143. The number of thiazole rings is 1. The number of benzene rings is 1. The van der Waals surface area contributed by atoms with Crippen LogP contribution in [-0.2, 0) is 16.1 Å². The molecule has 3 aliphatic heterocycles. The number of ether oxygens (including phenoxy) is 1. The van der Waals surface area contributed by atoms with Gasteiger partial charge in [-0.25, -0.2) is 4.98 Å². The minimum atomic E-state index is -0.710. The number of aldehydes is 1. The lowest BCUT2D eigenvalue weighted by Crippen LogP contribution is -2.50. The molecule has 2 fully saturated rings. The smallest absolute Gasteiger partial charge is 0.306 e. The van der Waals surface area contributed by atoms with Crippen LogP contribution in [0.1, 0.15) is 44.4 Å². The number of nitrogens with one attached hydrogen (secondary N) is 2. The number of carbonyl (C=O) groups is 2. The summed E-state index contributed by atoms with van der Waals surface area (Å²) in [5, 5.41) is 16.7. The van der Waals surface area contributed by atoms with Crippen LogP contribution >= 0.6 is 22.9 Å². The van der Waals surface area contributed by atoms with Crippen molar-refractivity contribution in [2.45, 2.75) is 52.2 Å². The number of rotatable bonds is 8. The molecule has 1 aromatic carbocycles. The van der Waals surface area contributed by atoms with Gasteiger partial charge in [0.05, 0.1) is 23.7 Å². The Balaban J connectivity index is 0.000000208. The average Bonchev–Trinajstić information content (AvgIpc) is 3.39. The van der Waals surface area contributed by atoms with E-state index < -0.39 is 5.97 Å². The number of allylic oxidation sites excluding steroid dienone is 1. The van der Waals surface area contributed by atoms with Gasteiger partial charge in [-0.2, -0.15) is 0 Å². The molecule has 10 nitrogen and oxygen atoms in total. The third-order valence-corrected chi connectivity index (χ3v) is 9.20. The summed E-state index contributed by atoms with van der Waals surface area (Å²) in [4.78, 5) is 36.0. The van der Waals surface area contributed by atoms with Crippen molar-refractivity contribution < 1.29 is 19.4 Å². The zero-order chi connectivity index (χ0) is 30.3. The predicted molar refractivity (Wildman–Crippen MR) is 168 cm³/mol. The minimum absolute atomic E-state index is 0.0338. The van der Waals surface area contributed by atoms with Gasteiger partial charge in [-0.1, -0.05) is 25.4 Å². The second-order valence-corrected chi connectivity index (χ2v) is 13.1. The number of nitrogens with zero attached hydrogens (tertiary/aromatic N) is 4. The molecule has 1 atom stereocenters. The quantitative estimate of drug-likeness (QED) is 0.354. The Labute approximate surface area is 256 Å². The monoisotopic (exact) mass is 616 g/mol. The SMILES string of the molecule is CNc1nc(-c2ccc(OC)c(Cl)c2)c(CN2CCCC(C)(C)C2)s1.O=CC1=CNC(N2CCC(C(=O)O)CC2)C=N1. The summed E-state index contributed by atoms with van der Waals surface area (Å²) in [5.74, 6) is -0.250. The van der Waals surface area contributed by atoms with Crippen molar-refractivity contribution in [3.8, 4) is 17.0 Å². The van der Waals surface area contributed by atoms with Crippen LogP contribution in [0.2, 0.25) is 5.02 Å². The maximum absolute atomic E-state index is 10.8. The van der Waals surface area contributed by atoms with Crippen molar-refractivity contribution in [3.63, 3.8) is 0 Å². The summed E-state index contributed by atoms with van der Waals surface area (Å²) < 4.78 is 5.27. The van der Waals surface area contributed by atoms with Crippen molar-refractivity contribution in [1.29, 1.82) is 0 Å². The molecule has 0 radical (unpaired) electrons. The van der Waals surface area contributed by atoms with Gasteiger partial charge in [0.1, 0.15) is 17.6 Å². The van der Waals surface area contributed by atoms with E-state index in [-0.39, 0.29) is 12.1 Å². The number of likely N-dealkylation sites (tertiary alicyclic amines) is 2. The number of carboxylic acid groups (broad SMARTS) is 1. The zero-order valence-electron chi connectivity index (χ0n) is 24.7. The van der Waals surface area contributed by atoms with Crippen molar-refractivity contribution in [3.05, 3.63) is 40.0 Å². The first kappa shape index (κ1) is 31.9. The Morgan fingerprint density at radius 1 is 1.31 bits per heavy atom. The largest absolute Gasteiger partial charge is 0.495 e. The highest BCUT2D eigenvalue weighted by Gasteiger charge is 2.29. The van der Waals surface area contributed by atoms with Crippen LogP contribution in [0, 0.1) is 11.3 Å². The number of aromatic nitrogens is 1. The van der Waals surface area contributed by atoms with Gasteiger partial charge < -0.3 is 20.5 Å². The van der Waals surface area contributed by atoms with Gasteiger partial charge in [-0.3, -0.25) is 24.4 Å². The van der Waals surface area contributed by atoms with Crippen molar-refractivity contribution in [1.82, 2.24) is 20.1 Å². The molecule has 0 aliphatic carbocycles. The fourth-order valence-electron chi connectivity index (χ4n) is 5.58. The van der Waals surface area contributed by atoms with E-state index in [1.807, 2.05) is 25.2 Å². The van der Waals surface area contributed by atoms with E-state index in [9.17, 15) is 9.59 Å². The Kier molecular flexibility index (Phi) is 11.0. The lowest BCUT2D eigenvalue weighted by Gasteiger charge is -2.37. The third-order valence-electron chi connectivity index (χ3n) is 7.84. The first-order valence-electron chi connectivity index (χ1n) is 14.3. The molecule has 3 N–H and O–H groups in total. The molecule has 0 bridgehead atoms. The number of anilines is 1. The number of halogens is 1. The molecular weight excluding hydrogens is 576 g/mol. The summed E-state index contributed by atoms with van der Waals surface area (Å²) in [6.45, 7) is 9.38. The summed E-state index contributed by atoms with van der Waals surface area (Å²) in [6.07, 6.45) is 7.80. The van der Waals surface area contributed by atoms with Crippen LogP contribution in [0.4, 0.5) is 5.13 Å². The molecule has 5 rings (SSSR count). The zero-order valence-corrected chi connectivity index (χ0v) is 26.3. The summed E-state index contributed by atoms with van der Waals surface area (Å²) in [7, 11) is 3.55. The number of carbonyl (C=O) groups excluding carboxylic acids is 1. The third kappa shape index (κ3) is 8.31. The number of methoxy groups -OCH3 is 1.